The smallest absolute Gasteiger partial charge is 0.233 e. The van der Waals surface area contributed by atoms with E-state index in [-0.39, 0.29) is 12.5 Å². The lowest BCUT2D eigenvalue weighted by molar-refractivity contribution is -0.119. The summed E-state index contributed by atoms with van der Waals surface area (Å²) in [6.07, 6.45) is 0. The highest BCUT2D eigenvalue weighted by molar-refractivity contribution is 5.78. The number of hydrogen-bond donors (Lipinski definition) is 2. The first kappa shape index (κ1) is 11.6. The van der Waals surface area contributed by atoms with E-state index < -0.39 is 0 Å². The standard InChI is InChI=1S/C12H16N4O/c1-9-15-10-4-2-3-5-11(10)16(9)7-6-14-12(17)8-13/h2-5H,6-8,13H2,1H3,(H,14,17). The predicted octanol–water partition coefficient (Wildman–Crippen LogP) is 0.420. The van der Waals surface area contributed by atoms with Crippen molar-refractivity contribution in [3.8, 4) is 0 Å². The Morgan fingerprint density at radius 2 is 2.24 bits per heavy atom. The van der Waals surface area contributed by atoms with Crippen molar-refractivity contribution in [1.82, 2.24) is 14.9 Å². The van der Waals surface area contributed by atoms with Gasteiger partial charge in [-0.1, -0.05) is 12.1 Å². The highest BCUT2D eigenvalue weighted by atomic mass is 16.1. The van der Waals surface area contributed by atoms with E-state index in [0.717, 1.165) is 16.9 Å². The van der Waals surface area contributed by atoms with Crippen molar-refractivity contribution in [2.24, 2.45) is 5.73 Å². The van der Waals surface area contributed by atoms with E-state index in [9.17, 15) is 4.79 Å². The fourth-order valence-corrected chi connectivity index (χ4v) is 1.86. The molecule has 0 bridgehead atoms. The maximum Gasteiger partial charge on any atom is 0.233 e. The quantitative estimate of drug-likeness (QED) is 0.802. The second-order valence-electron chi connectivity index (χ2n) is 3.85. The Balaban J connectivity index is 2.12. The summed E-state index contributed by atoms with van der Waals surface area (Å²) in [7, 11) is 0. The molecule has 17 heavy (non-hydrogen) atoms. The Kier molecular flexibility index (Phi) is 3.39. The van der Waals surface area contributed by atoms with Crippen molar-refractivity contribution in [2.45, 2.75) is 13.5 Å². The number of carbonyl (C=O) groups is 1. The Labute approximate surface area is 99.6 Å². The van der Waals surface area contributed by atoms with Crippen molar-refractivity contribution in [2.75, 3.05) is 13.1 Å². The van der Waals surface area contributed by atoms with Crippen molar-refractivity contribution < 1.29 is 4.79 Å². The molecule has 0 spiro atoms. The molecule has 0 radical (unpaired) electrons. The summed E-state index contributed by atoms with van der Waals surface area (Å²) in [6, 6.07) is 7.96. The first-order valence-corrected chi connectivity index (χ1v) is 5.61. The molecule has 5 heteroatoms. The van der Waals surface area contributed by atoms with Gasteiger partial charge in [-0.15, -0.1) is 0 Å². The second kappa shape index (κ2) is 4.97. The number of aryl methyl sites for hydroxylation is 1. The number of nitrogens with zero attached hydrogens (tertiary/aromatic N) is 2. The van der Waals surface area contributed by atoms with E-state index in [1.54, 1.807) is 0 Å². The molecule has 0 saturated heterocycles. The third-order valence-corrected chi connectivity index (χ3v) is 2.69. The number of nitrogens with two attached hydrogens (primary N) is 1. The van der Waals surface area contributed by atoms with E-state index >= 15 is 0 Å². The third-order valence-electron chi connectivity index (χ3n) is 2.69. The molecule has 0 aliphatic rings. The molecule has 0 saturated carbocycles. The topological polar surface area (TPSA) is 72.9 Å². The molecule has 1 aromatic heterocycles. The lowest BCUT2D eigenvalue weighted by Crippen LogP contribution is -2.32. The molecule has 5 nitrogen and oxygen atoms in total. The largest absolute Gasteiger partial charge is 0.353 e. The number of benzene rings is 1. The van der Waals surface area contributed by atoms with Crippen LogP contribution in [0.15, 0.2) is 24.3 Å². The summed E-state index contributed by atoms with van der Waals surface area (Å²) in [5, 5.41) is 2.75. The van der Waals surface area contributed by atoms with Gasteiger partial charge in [0.2, 0.25) is 5.91 Å². The first-order valence-electron chi connectivity index (χ1n) is 5.61. The summed E-state index contributed by atoms with van der Waals surface area (Å²) in [4.78, 5) is 15.5. The second-order valence-corrected chi connectivity index (χ2v) is 3.85. The number of amides is 1. The number of imidazole rings is 1. The summed E-state index contributed by atoms with van der Waals surface area (Å²) in [5.41, 5.74) is 7.29. The molecule has 0 aliphatic heterocycles. The molecule has 1 aromatic carbocycles. The Morgan fingerprint density at radius 1 is 1.47 bits per heavy atom. The number of para-hydroxylation sites is 2. The van der Waals surface area contributed by atoms with Gasteiger partial charge in [0, 0.05) is 13.1 Å². The lowest BCUT2D eigenvalue weighted by atomic mass is 10.3. The monoisotopic (exact) mass is 232 g/mol. The van der Waals surface area contributed by atoms with Crippen LogP contribution in [-0.4, -0.2) is 28.5 Å². The minimum Gasteiger partial charge on any atom is -0.353 e. The fourth-order valence-electron chi connectivity index (χ4n) is 1.86. The van der Waals surface area contributed by atoms with Crippen LogP contribution in [0.1, 0.15) is 5.82 Å². The van der Waals surface area contributed by atoms with Gasteiger partial charge in [-0.25, -0.2) is 4.98 Å². The summed E-state index contributed by atoms with van der Waals surface area (Å²) >= 11 is 0. The maximum atomic E-state index is 11.0. The average Bonchev–Trinajstić information content (AvgIpc) is 2.66. The normalized spacial score (nSPS) is 10.7. The summed E-state index contributed by atoms with van der Waals surface area (Å²) < 4.78 is 2.09. The van der Waals surface area contributed by atoms with Crippen molar-refractivity contribution in [3.63, 3.8) is 0 Å². The highest BCUT2D eigenvalue weighted by Gasteiger charge is 2.06. The number of nitrogens with one attached hydrogen (secondary N) is 1. The van der Waals surface area contributed by atoms with E-state index in [2.05, 4.69) is 14.9 Å². The van der Waals surface area contributed by atoms with Crippen LogP contribution >= 0.6 is 0 Å². The number of hydrogen-bond acceptors (Lipinski definition) is 3. The number of rotatable bonds is 4. The number of fused-ring (bicyclic) bond motifs is 1. The zero-order valence-corrected chi connectivity index (χ0v) is 9.81. The summed E-state index contributed by atoms with van der Waals surface area (Å²) in [6.45, 7) is 3.27. The minimum absolute atomic E-state index is 0.0314. The molecule has 0 aliphatic carbocycles. The van der Waals surface area contributed by atoms with E-state index in [1.165, 1.54) is 0 Å². The SMILES string of the molecule is Cc1nc2ccccc2n1CCNC(=O)CN. The zero-order chi connectivity index (χ0) is 12.3. The van der Waals surface area contributed by atoms with Crippen LogP contribution in [0.25, 0.3) is 11.0 Å². The third kappa shape index (κ3) is 2.45. The average molecular weight is 232 g/mol. The van der Waals surface area contributed by atoms with Crippen LogP contribution in [0.5, 0.6) is 0 Å². The molecule has 0 atom stereocenters. The van der Waals surface area contributed by atoms with Gasteiger partial charge in [0.1, 0.15) is 5.82 Å². The van der Waals surface area contributed by atoms with Gasteiger partial charge in [0.15, 0.2) is 0 Å². The minimum atomic E-state index is -0.132. The van der Waals surface area contributed by atoms with Crippen LogP contribution in [0, 0.1) is 6.92 Å². The molecule has 0 unspecified atom stereocenters. The van der Waals surface area contributed by atoms with Crippen LogP contribution in [-0.2, 0) is 11.3 Å². The first-order chi connectivity index (χ1) is 8.22. The van der Waals surface area contributed by atoms with Crippen LogP contribution in [0.4, 0.5) is 0 Å². The Hall–Kier alpha value is -1.88. The fraction of sp³-hybridized carbons (Fsp3) is 0.333. The number of carbonyl (C=O) groups excluding carboxylic acids is 1. The van der Waals surface area contributed by atoms with E-state index in [1.807, 2.05) is 31.2 Å². The molecule has 3 N–H and O–H groups in total. The van der Waals surface area contributed by atoms with E-state index in [0.29, 0.717) is 13.1 Å². The Bertz CT molecular complexity index is 532. The molecule has 90 valence electrons. The van der Waals surface area contributed by atoms with E-state index in [4.69, 9.17) is 5.73 Å². The molecule has 2 aromatic rings. The molecule has 2 rings (SSSR count). The zero-order valence-electron chi connectivity index (χ0n) is 9.81. The van der Waals surface area contributed by atoms with Gasteiger partial charge in [0.05, 0.1) is 17.6 Å². The van der Waals surface area contributed by atoms with Crippen molar-refractivity contribution >= 4 is 16.9 Å². The van der Waals surface area contributed by atoms with Gasteiger partial charge in [0.25, 0.3) is 0 Å². The Morgan fingerprint density at radius 3 is 3.00 bits per heavy atom. The summed E-state index contributed by atoms with van der Waals surface area (Å²) in [5.74, 6) is 0.820. The molecule has 0 fully saturated rings. The van der Waals surface area contributed by atoms with Gasteiger partial charge in [-0.2, -0.15) is 0 Å². The van der Waals surface area contributed by atoms with Crippen LogP contribution in [0.2, 0.25) is 0 Å². The van der Waals surface area contributed by atoms with Crippen LogP contribution < -0.4 is 11.1 Å². The molecular weight excluding hydrogens is 216 g/mol. The van der Waals surface area contributed by atoms with Crippen molar-refractivity contribution in [1.29, 1.82) is 0 Å². The maximum absolute atomic E-state index is 11.0. The van der Waals surface area contributed by atoms with Gasteiger partial charge >= 0.3 is 0 Å². The number of aromatic nitrogens is 2. The van der Waals surface area contributed by atoms with Gasteiger partial charge in [-0.3, -0.25) is 4.79 Å². The van der Waals surface area contributed by atoms with Crippen molar-refractivity contribution in [3.05, 3.63) is 30.1 Å². The molecular formula is C12H16N4O. The van der Waals surface area contributed by atoms with Gasteiger partial charge < -0.3 is 15.6 Å². The molecule has 1 heterocycles. The van der Waals surface area contributed by atoms with Gasteiger partial charge in [-0.05, 0) is 19.1 Å². The lowest BCUT2D eigenvalue weighted by Gasteiger charge is -2.07. The van der Waals surface area contributed by atoms with Crippen LogP contribution in [0.3, 0.4) is 0 Å². The molecule has 1 amide bonds. The predicted molar refractivity (Wildman–Crippen MR) is 66.5 cm³/mol. The highest BCUT2D eigenvalue weighted by Crippen LogP contribution is 2.14.